The highest BCUT2D eigenvalue weighted by molar-refractivity contribution is 6.13. The standard InChI is InChI=1S/C24H18N2O5/c1-16-7-10-19(14-22(16)26(28)29)23-25-21(24(27)31-23)13-17-8-11-20(12-9-17)30-15-18-5-3-2-4-6-18/h2-14H,15H2,1H3. The minimum Gasteiger partial charge on any atom is -0.489 e. The smallest absolute Gasteiger partial charge is 0.363 e. The molecule has 0 bridgehead atoms. The van der Waals surface area contributed by atoms with Crippen molar-refractivity contribution in [3.63, 3.8) is 0 Å². The van der Waals surface area contributed by atoms with Crippen LogP contribution in [0.1, 0.15) is 22.3 Å². The van der Waals surface area contributed by atoms with Crippen LogP contribution in [0, 0.1) is 17.0 Å². The fourth-order valence-corrected chi connectivity index (χ4v) is 3.03. The van der Waals surface area contributed by atoms with E-state index in [-0.39, 0.29) is 17.3 Å². The average molecular weight is 414 g/mol. The molecule has 1 aliphatic heterocycles. The quantitative estimate of drug-likeness (QED) is 0.249. The van der Waals surface area contributed by atoms with Gasteiger partial charge in [-0.3, -0.25) is 10.1 Å². The number of carbonyl (C=O) groups excluding carboxylic acids is 1. The summed E-state index contributed by atoms with van der Waals surface area (Å²) in [6.45, 7) is 2.10. The number of nitrogens with zero attached hydrogens (tertiary/aromatic N) is 2. The third-order valence-electron chi connectivity index (χ3n) is 4.71. The summed E-state index contributed by atoms with van der Waals surface area (Å²) < 4.78 is 11.0. The second-order valence-corrected chi connectivity index (χ2v) is 6.94. The average Bonchev–Trinajstić information content (AvgIpc) is 3.14. The van der Waals surface area contributed by atoms with E-state index >= 15 is 0 Å². The van der Waals surface area contributed by atoms with E-state index in [1.807, 2.05) is 54.6 Å². The second-order valence-electron chi connectivity index (χ2n) is 6.94. The second kappa shape index (κ2) is 8.62. The number of ether oxygens (including phenoxy) is 2. The molecule has 0 fully saturated rings. The molecule has 0 N–H and O–H groups in total. The van der Waals surface area contributed by atoms with Crippen LogP contribution in [0.15, 0.2) is 83.5 Å². The van der Waals surface area contributed by atoms with Gasteiger partial charge in [-0.25, -0.2) is 9.79 Å². The maximum Gasteiger partial charge on any atom is 0.363 e. The van der Waals surface area contributed by atoms with Gasteiger partial charge in [-0.15, -0.1) is 0 Å². The molecule has 4 rings (SSSR count). The van der Waals surface area contributed by atoms with E-state index in [1.165, 1.54) is 6.07 Å². The molecule has 0 atom stereocenters. The molecule has 7 heteroatoms. The van der Waals surface area contributed by atoms with Crippen molar-refractivity contribution < 1.29 is 19.2 Å². The number of carbonyl (C=O) groups is 1. The molecule has 0 aliphatic carbocycles. The third-order valence-corrected chi connectivity index (χ3v) is 4.71. The highest BCUT2D eigenvalue weighted by atomic mass is 16.6. The van der Waals surface area contributed by atoms with Crippen molar-refractivity contribution in [3.05, 3.63) is 111 Å². The lowest BCUT2D eigenvalue weighted by Crippen LogP contribution is -2.06. The van der Waals surface area contributed by atoms with Gasteiger partial charge in [0.25, 0.3) is 5.69 Å². The van der Waals surface area contributed by atoms with Crippen LogP contribution in [-0.2, 0) is 16.1 Å². The number of nitro groups is 1. The normalized spacial score (nSPS) is 14.3. The number of cyclic esters (lactones) is 1. The number of aliphatic imine (C=N–C) groups is 1. The first-order valence-electron chi connectivity index (χ1n) is 9.54. The Bertz CT molecular complexity index is 1200. The Kier molecular flexibility index (Phi) is 5.57. The van der Waals surface area contributed by atoms with Gasteiger partial charge in [0, 0.05) is 17.2 Å². The zero-order valence-electron chi connectivity index (χ0n) is 16.6. The lowest BCUT2D eigenvalue weighted by molar-refractivity contribution is -0.385. The van der Waals surface area contributed by atoms with Crippen LogP contribution >= 0.6 is 0 Å². The predicted octanol–water partition coefficient (Wildman–Crippen LogP) is 4.83. The van der Waals surface area contributed by atoms with Crippen LogP contribution in [0.5, 0.6) is 5.75 Å². The molecule has 0 amide bonds. The summed E-state index contributed by atoms with van der Waals surface area (Å²) in [5, 5.41) is 11.1. The van der Waals surface area contributed by atoms with Crippen LogP contribution in [0.25, 0.3) is 6.08 Å². The van der Waals surface area contributed by atoms with Crippen LogP contribution in [0.2, 0.25) is 0 Å². The van der Waals surface area contributed by atoms with Crippen molar-refractivity contribution in [3.8, 4) is 5.75 Å². The molecule has 0 radical (unpaired) electrons. The summed E-state index contributed by atoms with van der Waals surface area (Å²) in [6.07, 6.45) is 1.60. The number of nitro benzene ring substituents is 1. The van der Waals surface area contributed by atoms with Gasteiger partial charge < -0.3 is 9.47 Å². The molecule has 3 aromatic carbocycles. The summed E-state index contributed by atoms with van der Waals surface area (Å²) in [5.74, 6) is 0.140. The SMILES string of the molecule is Cc1ccc(C2=NC(=Cc3ccc(OCc4ccccc4)cc3)C(=O)O2)cc1[N+](=O)[O-]. The van der Waals surface area contributed by atoms with Crippen molar-refractivity contribution in [1.29, 1.82) is 0 Å². The van der Waals surface area contributed by atoms with Crippen LogP contribution in [-0.4, -0.2) is 16.8 Å². The number of hydrogen-bond donors (Lipinski definition) is 0. The van der Waals surface area contributed by atoms with E-state index in [9.17, 15) is 14.9 Å². The van der Waals surface area contributed by atoms with E-state index < -0.39 is 10.9 Å². The number of hydrogen-bond acceptors (Lipinski definition) is 6. The maximum atomic E-state index is 12.2. The Morgan fingerprint density at radius 2 is 1.81 bits per heavy atom. The number of benzene rings is 3. The Morgan fingerprint density at radius 3 is 2.52 bits per heavy atom. The molecule has 154 valence electrons. The molecule has 31 heavy (non-hydrogen) atoms. The molecule has 1 heterocycles. The van der Waals surface area contributed by atoms with Crippen LogP contribution < -0.4 is 4.74 Å². The summed E-state index contributed by atoms with van der Waals surface area (Å²) in [5.41, 5.74) is 2.78. The van der Waals surface area contributed by atoms with E-state index in [4.69, 9.17) is 9.47 Å². The minimum atomic E-state index is -0.609. The van der Waals surface area contributed by atoms with Crippen molar-refractivity contribution in [1.82, 2.24) is 0 Å². The first-order chi connectivity index (χ1) is 15.0. The monoisotopic (exact) mass is 414 g/mol. The predicted molar refractivity (Wildman–Crippen MR) is 116 cm³/mol. The van der Waals surface area contributed by atoms with Gasteiger partial charge in [0.1, 0.15) is 12.4 Å². The Hall–Kier alpha value is -4.26. The first kappa shape index (κ1) is 20.0. The van der Waals surface area contributed by atoms with E-state index in [0.29, 0.717) is 23.5 Å². The Morgan fingerprint density at radius 1 is 1.06 bits per heavy atom. The fraction of sp³-hybridized carbons (Fsp3) is 0.0833. The van der Waals surface area contributed by atoms with Gasteiger partial charge in [0.05, 0.1) is 4.92 Å². The van der Waals surface area contributed by atoms with E-state index in [1.54, 1.807) is 25.1 Å². The summed E-state index contributed by atoms with van der Waals surface area (Å²) in [4.78, 5) is 27.1. The lowest BCUT2D eigenvalue weighted by atomic mass is 10.1. The van der Waals surface area contributed by atoms with E-state index in [0.717, 1.165) is 11.1 Å². The first-order valence-corrected chi connectivity index (χ1v) is 9.54. The zero-order chi connectivity index (χ0) is 21.8. The van der Waals surface area contributed by atoms with E-state index in [2.05, 4.69) is 4.99 Å². The highest BCUT2D eigenvalue weighted by Gasteiger charge is 2.25. The summed E-state index contributed by atoms with van der Waals surface area (Å²) in [6, 6.07) is 21.7. The Balaban J connectivity index is 1.49. The van der Waals surface area contributed by atoms with Crippen LogP contribution in [0.3, 0.4) is 0 Å². The van der Waals surface area contributed by atoms with Crippen LogP contribution in [0.4, 0.5) is 5.69 Å². The van der Waals surface area contributed by atoms with Gasteiger partial charge in [-0.1, -0.05) is 48.5 Å². The largest absolute Gasteiger partial charge is 0.489 e. The number of aryl methyl sites for hydroxylation is 1. The van der Waals surface area contributed by atoms with Crippen molar-refractivity contribution >= 4 is 23.6 Å². The molecule has 0 aromatic heterocycles. The highest BCUT2D eigenvalue weighted by Crippen LogP contribution is 2.24. The van der Waals surface area contributed by atoms with Crippen molar-refractivity contribution in [2.24, 2.45) is 4.99 Å². The fourth-order valence-electron chi connectivity index (χ4n) is 3.03. The Labute approximate surface area is 178 Å². The molecular weight excluding hydrogens is 396 g/mol. The molecular formula is C24H18N2O5. The molecule has 0 spiro atoms. The molecule has 0 saturated carbocycles. The maximum absolute atomic E-state index is 12.2. The zero-order valence-corrected chi connectivity index (χ0v) is 16.6. The van der Waals surface area contributed by atoms with Gasteiger partial charge in [-0.05, 0) is 42.3 Å². The minimum absolute atomic E-state index is 0.0437. The summed E-state index contributed by atoms with van der Waals surface area (Å²) >= 11 is 0. The van der Waals surface area contributed by atoms with Crippen molar-refractivity contribution in [2.45, 2.75) is 13.5 Å². The number of rotatable bonds is 6. The van der Waals surface area contributed by atoms with Gasteiger partial charge in [0.2, 0.25) is 5.90 Å². The molecule has 1 aliphatic rings. The molecule has 0 unspecified atom stereocenters. The molecule has 7 nitrogen and oxygen atoms in total. The van der Waals surface area contributed by atoms with Crippen molar-refractivity contribution in [2.75, 3.05) is 0 Å². The van der Waals surface area contributed by atoms with Gasteiger partial charge in [-0.2, -0.15) is 0 Å². The topological polar surface area (TPSA) is 91.0 Å². The van der Waals surface area contributed by atoms with Gasteiger partial charge >= 0.3 is 5.97 Å². The lowest BCUT2D eigenvalue weighted by Gasteiger charge is -2.06. The molecule has 0 saturated heterocycles. The summed E-state index contributed by atoms with van der Waals surface area (Å²) in [7, 11) is 0. The third kappa shape index (κ3) is 4.67. The molecule has 3 aromatic rings. The number of esters is 1. The van der Waals surface area contributed by atoms with Gasteiger partial charge in [0.15, 0.2) is 5.70 Å².